The summed E-state index contributed by atoms with van der Waals surface area (Å²) in [5.41, 5.74) is 6.05. The van der Waals surface area contributed by atoms with Crippen molar-refractivity contribution in [3.63, 3.8) is 0 Å². The van der Waals surface area contributed by atoms with E-state index in [4.69, 9.17) is 25.4 Å². The molecule has 0 bridgehead atoms. The number of aliphatic imine (C=N–C) groups is 1. The van der Waals surface area contributed by atoms with E-state index in [1.807, 2.05) is 0 Å². The molecule has 0 aliphatic carbocycles. The van der Waals surface area contributed by atoms with Gasteiger partial charge in [-0.1, -0.05) is 0 Å². The van der Waals surface area contributed by atoms with Crippen LogP contribution in [0.4, 0.5) is 8.78 Å². The highest BCUT2D eigenvalue weighted by Crippen LogP contribution is 2.38. The third kappa shape index (κ3) is 5.66. The number of nitrogens with one attached hydrogen (secondary N) is 1. The van der Waals surface area contributed by atoms with E-state index in [-0.39, 0.29) is 44.2 Å². The van der Waals surface area contributed by atoms with E-state index in [0.29, 0.717) is 25.1 Å². The topological polar surface area (TPSA) is 178 Å². The van der Waals surface area contributed by atoms with Crippen molar-refractivity contribution in [2.45, 2.75) is 10.1 Å². The number of aromatic hydroxyl groups is 1. The summed E-state index contributed by atoms with van der Waals surface area (Å²) in [6.45, 7) is 1.00. The van der Waals surface area contributed by atoms with Crippen LogP contribution in [0.2, 0.25) is 0 Å². The number of nitrogen functional groups attached to an aromatic ring is 1. The molecule has 0 spiro atoms. The number of phenolic OH excluding ortho intramolecular Hbond substituents is 1. The fourth-order valence-electron chi connectivity index (χ4n) is 4.25. The zero-order chi connectivity index (χ0) is 31.7. The molecule has 228 valence electrons. The van der Waals surface area contributed by atoms with Crippen LogP contribution in [0.3, 0.4) is 0 Å². The number of phenols is 1. The molecule has 5 rings (SSSR count). The lowest BCUT2D eigenvalue weighted by atomic mass is 10.1. The number of methoxy groups -OCH3 is 1. The van der Waals surface area contributed by atoms with Gasteiger partial charge in [0, 0.05) is 31.1 Å². The van der Waals surface area contributed by atoms with Crippen molar-refractivity contribution in [1.82, 2.24) is 19.4 Å². The highest BCUT2D eigenvalue weighted by atomic mass is 32.2. The molecule has 4 aromatic rings. The lowest BCUT2D eigenvalue weighted by Crippen LogP contribution is -2.24. The first kappa shape index (κ1) is 30.1. The van der Waals surface area contributed by atoms with Gasteiger partial charge in [0.2, 0.25) is 16.7 Å². The molecule has 3 heterocycles. The van der Waals surface area contributed by atoms with Gasteiger partial charge in [-0.05, 0) is 36.4 Å². The number of hydrogen-bond acceptors (Lipinski definition) is 11. The number of aromatic nitrogens is 3. The lowest BCUT2D eigenvalue weighted by Gasteiger charge is -2.19. The Kier molecular flexibility index (Phi) is 8.26. The van der Waals surface area contributed by atoms with E-state index in [0.717, 1.165) is 0 Å². The van der Waals surface area contributed by atoms with Crippen molar-refractivity contribution in [3.05, 3.63) is 77.2 Å². The first-order valence-electron chi connectivity index (χ1n) is 12.8. The average molecular weight is 626 g/mol. The molecule has 1 atom stereocenters. The number of rotatable bonds is 9. The highest BCUT2D eigenvalue weighted by molar-refractivity contribution is 7.85. The predicted octanol–water partition coefficient (Wildman–Crippen LogP) is 3.31. The van der Waals surface area contributed by atoms with Crippen LogP contribution in [0.1, 0.15) is 21.6 Å². The van der Waals surface area contributed by atoms with Crippen LogP contribution in [-0.2, 0) is 22.6 Å². The summed E-state index contributed by atoms with van der Waals surface area (Å²) in [7, 11) is 2.62. The van der Waals surface area contributed by atoms with E-state index in [2.05, 4.69) is 15.0 Å². The van der Waals surface area contributed by atoms with Crippen molar-refractivity contribution in [1.29, 1.82) is 5.41 Å². The molecule has 0 saturated heterocycles. The third-order valence-corrected chi connectivity index (χ3v) is 7.95. The number of amidine groups is 2. The standard InChI is InChI=1S/C28H25F2N7O6S/c1-36-9-8-33-25(36)16-11-15(44(40)28-35-13-18(37(28)2)27(39)41-3)5-7-20(16)42-23-17(29)12-34-26(22(23)30)43-21-10-14(24(31)32)4-6-19(21)38/h4-7,10-13,38H,8-9H2,1-3H3,(H3,31,32). The Morgan fingerprint density at radius 3 is 2.55 bits per heavy atom. The molecule has 13 nitrogen and oxygen atoms in total. The van der Waals surface area contributed by atoms with Gasteiger partial charge in [0.25, 0.3) is 5.88 Å². The van der Waals surface area contributed by atoms with Crippen molar-refractivity contribution in [2.24, 2.45) is 17.8 Å². The molecule has 4 N–H and O–H groups in total. The summed E-state index contributed by atoms with van der Waals surface area (Å²) in [5.74, 6) is -5.31. The average Bonchev–Trinajstić information content (AvgIpc) is 3.61. The quantitative estimate of drug-likeness (QED) is 0.142. The molecule has 2 aromatic heterocycles. The molecule has 44 heavy (non-hydrogen) atoms. The zero-order valence-electron chi connectivity index (χ0n) is 23.5. The van der Waals surface area contributed by atoms with E-state index < -0.39 is 45.8 Å². The normalized spacial score (nSPS) is 13.4. The van der Waals surface area contributed by atoms with Gasteiger partial charge in [0.05, 0.1) is 31.6 Å². The maximum absolute atomic E-state index is 15.6. The zero-order valence-corrected chi connectivity index (χ0v) is 24.3. The van der Waals surface area contributed by atoms with Crippen LogP contribution >= 0.6 is 0 Å². The fraction of sp³-hybridized carbons (Fsp3) is 0.179. The monoisotopic (exact) mass is 625 g/mol. The second kappa shape index (κ2) is 12.1. The van der Waals surface area contributed by atoms with Crippen LogP contribution in [0.15, 0.2) is 63.8 Å². The van der Waals surface area contributed by atoms with Crippen LogP contribution in [-0.4, -0.2) is 73.6 Å². The van der Waals surface area contributed by atoms with Crippen molar-refractivity contribution in [2.75, 3.05) is 27.2 Å². The Balaban J connectivity index is 1.53. The fourth-order valence-corrected chi connectivity index (χ4v) is 5.37. The first-order valence-corrected chi connectivity index (χ1v) is 13.9. The largest absolute Gasteiger partial charge is 0.504 e. The summed E-state index contributed by atoms with van der Waals surface area (Å²) in [5, 5.41) is 17.8. The molecule has 0 radical (unpaired) electrons. The molecule has 16 heteroatoms. The van der Waals surface area contributed by atoms with Crippen molar-refractivity contribution in [3.8, 4) is 28.9 Å². The summed E-state index contributed by atoms with van der Waals surface area (Å²) in [4.78, 5) is 26.3. The van der Waals surface area contributed by atoms with Gasteiger partial charge in [-0.15, -0.1) is 0 Å². The number of hydrogen-bond donors (Lipinski definition) is 3. The Morgan fingerprint density at radius 2 is 1.86 bits per heavy atom. The van der Waals surface area contributed by atoms with Gasteiger partial charge in [-0.25, -0.2) is 23.4 Å². The third-order valence-electron chi connectivity index (χ3n) is 6.56. The van der Waals surface area contributed by atoms with Gasteiger partial charge >= 0.3 is 5.97 Å². The number of benzene rings is 2. The van der Waals surface area contributed by atoms with Crippen LogP contribution in [0, 0.1) is 17.0 Å². The van der Waals surface area contributed by atoms with E-state index in [9.17, 15) is 18.5 Å². The molecule has 0 amide bonds. The van der Waals surface area contributed by atoms with Gasteiger partial charge in [-0.3, -0.25) is 10.4 Å². The van der Waals surface area contributed by atoms with Crippen molar-refractivity contribution >= 4 is 28.4 Å². The second-order valence-corrected chi connectivity index (χ2v) is 10.8. The summed E-state index contributed by atoms with van der Waals surface area (Å²) < 4.78 is 61.3. The molecular weight excluding hydrogens is 600 g/mol. The van der Waals surface area contributed by atoms with Crippen LogP contribution < -0.4 is 15.2 Å². The Labute approximate surface area is 251 Å². The number of pyridine rings is 1. The predicted molar refractivity (Wildman–Crippen MR) is 153 cm³/mol. The molecule has 1 aliphatic rings. The molecule has 1 unspecified atom stereocenters. The van der Waals surface area contributed by atoms with Gasteiger partial charge in [-0.2, -0.15) is 4.39 Å². The number of nitrogens with two attached hydrogens (primary N) is 1. The second-order valence-electron chi connectivity index (χ2n) is 9.38. The number of carbonyl (C=O) groups excluding carboxylic acids is 1. The number of nitrogens with zero attached hydrogens (tertiary/aromatic N) is 5. The number of ether oxygens (including phenoxy) is 3. The lowest BCUT2D eigenvalue weighted by molar-refractivity contribution is 0.0589. The Morgan fingerprint density at radius 1 is 1.09 bits per heavy atom. The summed E-state index contributed by atoms with van der Waals surface area (Å²) in [6.07, 6.45) is 1.93. The number of esters is 1. The molecule has 2 aromatic carbocycles. The maximum atomic E-state index is 15.6. The summed E-state index contributed by atoms with van der Waals surface area (Å²) in [6, 6.07) is 8.06. The number of carbonyl (C=O) groups is 1. The molecular formula is C28H25F2N7O6S. The van der Waals surface area contributed by atoms with Crippen LogP contribution in [0.25, 0.3) is 0 Å². The summed E-state index contributed by atoms with van der Waals surface area (Å²) >= 11 is 0. The minimum atomic E-state index is -1.89. The van der Waals surface area contributed by atoms with E-state index >= 15 is 4.39 Å². The van der Waals surface area contributed by atoms with Crippen LogP contribution in [0.5, 0.6) is 28.9 Å². The Bertz CT molecular complexity index is 1860. The van der Waals surface area contributed by atoms with E-state index in [1.54, 1.807) is 11.9 Å². The maximum Gasteiger partial charge on any atom is 0.356 e. The first-order chi connectivity index (χ1) is 21.0. The van der Waals surface area contributed by atoms with Gasteiger partial charge in [0.1, 0.15) is 33.9 Å². The Hall–Kier alpha value is -5.38. The molecule has 1 aliphatic heterocycles. The smallest absolute Gasteiger partial charge is 0.356 e. The van der Waals surface area contributed by atoms with Crippen molar-refractivity contribution < 1.29 is 37.1 Å². The highest BCUT2D eigenvalue weighted by Gasteiger charge is 2.27. The molecule has 0 saturated carbocycles. The minimum Gasteiger partial charge on any atom is -0.504 e. The number of likely N-dealkylation sites (N-methyl/N-ethyl adjacent to an activating group) is 1. The SMILES string of the molecule is COC(=O)c1cnc(S(=O)c2ccc(Oc3c(F)cnc(Oc4cc(C(=N)N)ccc4O)c3F)c(C3=NCCN3C)c2)n1C. The van der Waals surface area contributed by atoms with Gasteiger partial charge < -0.3 is 34.5 Å². The van der Waals surface area contributed by atoms with Gasteiger partial charge in [0.15, 0.2) is 17.3 Å². The minimum absolute atomic E-state index is 0.0234. The molecule has 0 fully saturated rings. The van der Waals surface area contributed by atoms with E-state index in [1.165, 1.54) is 61.3 Å². The number of imidazole rings is 1. The number of halogens is 2.